The third-order valence-electron chi connectivity index (χ3n) is 4.09. The Morgan fingerprint density at radius 1 is 1.15 bits per heavy atom. The van der Waals surface area contributed by atoms with Crippen molar-refractivity contribution in [1.82, 2.24) is 9.97 Å². The summed E-state index contributed by atoms with van der Waals surface area (Å²) in [6, 6.07) is 10.4. The number of ketones is 1. The molecule has 0 unspecified atom stereocenters. The number of pyridine rings is 1. The van der Waals surface area contributed by atoms with Gasteiger partial charge in [-0.15, -0.1) is 0 Å². The number of aromatic nitrogens is 2. The molecule has 4 N–H and O–H groups in total. The third-order valence-corrected chi connectivity index (χ3v) is 4.09. The lowest BCUT2D eigenvalue weighted by Crippen LogP contribution is -2.17. The summed E-state index contributed by atoms with van der Waals surface area (Å²) in [7, 11) is 0. The SMILES string of the molecule is CC(C)(C)C(=O)/C=C/c1cc2cc(NC(=O)c3ccc(N)cc3)ncc2[nH]1. The minimum atomic E-state index is -0.413. The normalized spacial score (nSPS) is 11.8. The van der Waals surface area contributed by atoms with Crippen molar-refractivity contribution < 1.29 is 9.59 Å². The Morgan fingerprint density at radius 3 is 2.52 bits per heavy atom. The standard InChI is InChI=1S/C21H22N4O2/c1-21(2,3)18(26)9-8-16-10-14-11-19(23-12-17(14)24-16)25-20(27)13-4-6-15(22)7-5-13/h4-12,24H,22H2,1-3H3,(H,23,25,27)/b9-8+. The minimum Gasteiger partial charge on any atom is -0.399 e. The van der Waals surface area contributed by atoms with E-state index in [0.29, 0.717) is 17.1 Å². The van der Waals surface area contributed by atoms with Crippen molar-refractivity contribution >= 4 is 40.2 Å². The van der Waals surface area contributed by atoms with Crippen LogP contribution < -0.4 is 11.1 Å². The van der Waals surface area contributed by atoms with Crippen LogP contribution >= 0.6 is 0 Å². The summed E-state index contributed by atoms with van der Waals surface area (Å²) >= 11 is 0. The smallest absolute Gasteiger partial charge is 0.256 e. The number of fused-ring (bicyclic) bond motifs is 1. The Labute approximate surface area is 157 Å². The lowest BCUT2D eigenvalue weighted by atomic mass is 9.90. The molecule has 27 heavy (non-hydrogen) atoms. The van der Waals surface area contributed by atoms with Gasteiger partial charge in [-0.3, -0.25) is 9.59 Å². The van der Waals surface area contributed by atoms with Crippen LogP contribution in [0.1, 0.15) is 36.8 Å². The van der Waals surface area contributed by atoms with E-state index in [4.69, 9.17) is 5.73 Å². The maximum absolute atomic E-state index is 12.3. The fraction of sp³-hybridized carbons (Fsp3) is 0.190. The first-order chi connectivity index (χ1) is 12.7. The van der Waals surface area contributed by atoms with E-state index < -0.39 is 5.41 Å². The molecule has 0 saturated carbocycles. The number of nitrogens with two attached hydrogens (primary N) is 1. The average Bonchev–Trinajstić information content (AvgIpc) is 3.01. The number of amides is 1. The van der Waals surface area contributed by atoms with Crippen LogP contribution in [0.4, 0.5) is 11.5 Å². The molecule has 1 amide bonds. The highest BCUT2D eigenvalue weighted by molar-refractivity contribution is 6.04. The molecular weight excluding hydrogens is 340 g/mol. The number of nitrogens with one attached hydrogen (secondary N) is 2. The number of anilines is 2. The minimum absolute atomic E-state index is 0.0516. The number of rotatable bonds is 4. The Balaban J connectivity index is 1.77. The van der Waals surface area contributed by atoms with Gasteiger partial charge in [0.15, 0.2) is 5.78 Å². The number of nitrogens with zero attached hydrogens (tertiary/aromatic N) is 1. The van der Waals surface area contributed by atoms with E-state index in [9.17, 15) is 9.59 Å². The second-order valence-electron chi connectivity index (χ2n) is 7.41. The van der Waals surface area contributed by atoms with Crippen LogP contribution in [0, 0.1) is 5.41 Å². The molecule has 0 bridgehead atoms. The molecular formula is C21H22N4O2. The maximum atomic E-state index is 12.3. The second kappa shape index (κ2) is 7.07. The first kappa shape index (κ1) is 18.4. The average molecular weight is 362 g/mol. The lowest BCUT2D eigenvalue weighted by Gasteiger charge is -2.12. The molecule has 138 valence electrons. The van der Waals surface area contributed by atoms with Gasteiger partial charge < -0.3 is 16.0 Å². The van der Waals surface area contributed by atoms with Crippen molar-refractivity contribution in [2.45, 2.75) is 20.8 Å². The van der Waals surface area contributed by atoms with Gasteiger partial charge in [0.1, 0.15) is 5.82 Å². The summed E-state index contributed by atoms with van der Waals surface area (Å²) in [4.78, 5) is 31.8. The molecule has 2 heterocycles. The second-order valence-corrected chi connectivity index (χ2v) is 7.41. The van der Waals surface area contributed by atoms with Gasteiger partial charge in [0.05, 0.1) is 11.7 Å². The van der Waals surface area contributed by atoms with E-state index in [1.165, 1.54) is 0 Å². The summed E-state index contributed by atoms with van der Waals surface area (Å²) in [6.45, 7) is 5.64. The highest BCUT2D eigenvalue weighted by Gasteiger charge is 2.18. The summed E-state index contributed by atoms with van der Waals surface area (Å²) < 4.78 is 0. The summed E-state index contributed by atoms with van der Waals surface area (Å²) in [5, 5.41) is 3.66. The predicted octanol–water partition coefficient (Wildman–Crippen LogP) is 4.03. The largest absolute Gasteiger partial charge is 0.399 e. The molecule has 3 aromatic rings. The zero-order chi connectivity index (χ0) is 19.6. The number of hydrogen-bond acceptors (Lipinski definition) is 4. The van der Waals surface area contributed by atoms with E-state index in [2.05, 4.69) is 15.3 Å². The van der Waals surface area contributed by atoms with Crippen molar-refractivity contribution in [2.24, 2.45) is 5.41 Å². The fourth-order valence-corrected chi connectivity index (χ4v) is 2.45. The van der Waals surface area contributed by atoms with Gasteiger partial charge in [-0.05, 0) is 48.6 Å². The number of nitrogen functional groups attached to an aromatic ring is 1. The maximum Gasteiger partial charge on any atom is 0.256 e. The Bertz CT molecular complexity index is 1020. The van der Waals surface area contributed by atoms with Crippen LogP contribution in [0.5, 0.6) is 0 Å². The van der Waals surface area contributed by atoms with Crippen molar-refractivity contribution in [3.8, 4) is 0 Å². The molecule has 0 aliphatic rings. The number of carbonyl (C=O) groups is 2. The van der Waals surface area contributed by atoms with Gasteiger partial charge in [0, 0.05) is 27.7 Å². The van der Waals surface area contributed by atoms with Crippen LogP contribution in [-0.4, -0.2) is 21.7 Å². The molecule has 0 fully saturated rings. The van der Waals surface area contributed by atoms with Crippen molar-refractivity contribution in [3.05, 3.63) is 59.9 Å². The molecule has 3 rings (SSSR count). The Kier molecular flexibility index (Phi) is 4.81. The molecule has 6 heteroatoms. The molecule has 6 nitrogen and oxygen atoms in total. The summed E-state index contributed by atoms with van der Waals surface area (Å²) in [6.07, 6.45) is 4.97. The van der Waals surface area contributed by atoms with E-state index in [1.54, 1.807) is 48.7 Å². The topological polar surface area (TPSA) is 101 Å². The predicted molar refractivity (Wildman–Crippen MR) is 108 cm³/mol. The summed E-state index contributed by atoms with van der Waals surface area (Å²) in [5.41, 5.74) is 7.95. The number of carbonyl (C=O) groups excluding carboxylic acids is 2. The molecule has 0 aliphatic carbocycles. The summed E-state index contributed by atoms with van der Waals surface area (Å²) in [5.74, 6) is 0.244. The number of aromatic amines is 1. The van der Waals surface area contributed by atoms with Crippen LogP contribution in [0.15, 0.2) is 48.7 Å². The first-order valence-corrected chi connectivity index (χ1v) is 8.60. The zero-order valence-corrected chi connectivity index (χ0v) is 15.5. The van der Waals surface area contributed by atoms with Crippen LogP contribution in [0.25, 0.3) is 17.0 Å². The van der Waals surface area contributed by atoms with Gasteiger partial charge in [-0.25, -0.2) is 4.98 Å². The molecule has 2 aromatic heterocycles. The van der Waals surface area contributed by atoms with Gasteiger partial charge in [0.2, 0.25) is 0 Å². The molecule has 0 spiro atoms. The highest BCUT2D eigenvalue weighted by atomic mass is 16.1. The Morgan fingerprint density at radius 2 is 1.85 bits per heavy atom. The number of hydrogen-bond donors (Lipinski definition) is 3. The van der Waals surface area contributed by atoms with Crippen LogP contribution in [0.2, 0.25) is 0 Å². The van der Waals surface area contributed by atoms with Crippen molar-refractivity contribution in [2.75, 3.05) is 11.1 Å². The van der Waals surface area contributed by atoms with Crippen molar-refractivity contribution in [3.63, 3.8) is 0 Å². The number of H-pyrrole nitrogens is 1. The Hall–Kier alpha value is -3.41. The van der Waals surface area contributed by atoms with E-state index in [0.717, 1.165) is 16.6 Å². The highest BCUT2D eigenvalue weighted by Crippen LogP contribution is 2.21. The molecule has 0 aliphatic heterocycles. The van der Waals surface area contributed by atoms with Gasteiger partial charge in [-0.2, -0.15) is 0 Å². The molecule has 1 aromatic carbocycles. The molecule has 0 atom stereocenters. The monoisotopic (exact) mass is 362 g/mol. The number of benzene rings is 1. The van der Waals surface area contributed by atoms with E-state index in [1.807, 2.05) is 26.8 Å². The fourth-order valence-electron chi connectivity index (χ4n) is 2.45. The van der Waals surface area contributed by atoms with Gasteiger partial charge >= 0.3 is 0 Å². The molecule has 0 radical (unpaired) electrons. The zero-order valence-electron chi connectivity index (χ0n) is 15.5. The third kappa shape index (κ3) is 4.41. The van der Waals surface area contributed by atoms with Crippen LogP contribution in [0.3, 0.4) is 0 Å². The van der Waals surface area contributed by atoms with Crippen molar-refractivity contribution in [1.29, 1.82) is 0 Å². The quantitative estimate of drug-likeness (QED) is 0.482. The van der Waals surface area contributed by atoms with Crippen LogP contribution in [-0.2, 0) is 4.79 Å². The lowest BCUT2D eigenvalue weighted by molar-refractivity contribution is -0.121. The van der Waals surface area contributed by atoms with E-state index >= 15 is 0 Å². The van der Waals surface area contributed by atoms with E-state index in [-0.39, 0.29) is 11.7 Å². The molecule has 0 saturated heterocycles. The number of allylic oxidation sites excluding steroid dienone is 1. The van der Waals surface area contributed by atoms with Gasteiger partial charge in [0.25, 0.3) is 5.91 Å². The first-order valence-electron chi connectivity index (χ1n) is 8.60. The van der Waals surface area contributed by atoms with Gasteiger partial charge in [-0.1, -0.05) is 20.8 Å².